The third-order valence-corrected chi connectivity index (χ3v) is 2.60. The number of nitrogens with one attached hydrogen (secondary N) is 1. The lowest BCUT2D eigenvalue weighted by Gasteiger charge is -2.07. The third kappa shape index (κ3) is 2.51. The van der Waals surface area contributed by atoms with E-state index in [9.17, 15) is 9.90 Å². The molecule has 1 aromatic carbocycles. The number of amides is 1. The van der Waals surface area contributed by atoms with Crippen LogP contribution in [-0.2, 0) is 9.63 Å². The minimum atomic E-state index is -0.639. The Morgan fingerprint density at radius 1 is 1.61 bits per heavy atom. The fourth-order valence-corrected chi connectivity index (χ4v) is 1.68. The van der Waals surface area contributed by atoms with Crippen LogP contribution in [0, 0.1) is 0 Å². The summed E-state index contributed by atoms with van der Waals surface area (Å²) in [5.41, 5.74) is 1.17. The summed E-state index contributed by atoms with van der Waals surface area (Å²) in [6, 6.07) is 6.83. The number of benzene rings is 1. The third-order valence-electron chi connectivity index (χ3n) is 2.60. The van der Waals surface area contributed by atoms with Crippen LogP contribution in [0.25, 0.3) is 0 Å². The van der Waals surface area contributed by atoms with Crippen LogP contribution in [0.2, 0.25) is 0 Å². The number of oxime groups is 1. The van der Waals surface area contributed by atoms with E-state index in [1.54, 1.807) is 30.3 Å². The van der Waals surface area contributed by atoms with Gasteiger partial charge in [-0.25, -0.2) is 0 Å². The minimum absolute atomic E-state index is 0.131. The number of para-hydroxylation sites is 1. The average molecular weight is 246 g/mol. The van der Waals surface area contributed by atoms with Crippen LogP contribution >= 0.6 is 0 Å². The highest BCUT2D eigenvalue weighted by atomic mass is 16.6. The van der Waals surface area contributed by atoms with Gasteiger partial charge in [-0.05, 0) is 12.1 Å². The second-order valence-electron chi connectivity index (χ2n) is 3.89. The molecule has 1 aromatic rings. The summed E-state index contributed by atoms with van der Waals surface area (Å²) in [5.74, 6) is -0.101. The zero-order valence-corrected chi connectivity index (χ0v) is 9.80. The average Bonchev–Trinajstić information content (AvgIpc) is 2.86. The molecule has 0 fully saturated rings. The van der Waals surface area contributed by atoms with Crippen LogP contribution < -0.4 is 5.32 Å². The van der Waals surface area contributed by atoms with Crippen molar-refractivity contribution in [2.45, 2.75) is 12.5 Å². The van der Waals surface area contributed by atoms with E-state index in [0.717, 1.165) is 0 Å². The van der Waals surface area contributed by atoms with Gasteiger partial charge in [-0.1, -0.05) is 23.4 Å². The number of rotatable bonds is 4. The molecular weight excluding hydrogens is 232 g/mol. The first-order valence-corrected chi connectivity index (χ1v) is 5.62. The second-order valence-corrected chi connectivity index (χ2v) is 3.89. The van der Waals surface area contributed by atoms with Crippen molar-refractivity contribution < 1.29 is 14.7 Å². The molecule has 2 N–H and O–H groups in total. The van der Waals surface area contributed by atoms with E-state index in [4.69, 9.17) is 4.84 Å². The fraction of sp³-hybridized carbons (Fsp3) is 0.231. The Labute approximate surface area is 105 Å². The largest absolute Gasteiger partial charge is 0.507 e. The molecule has 0 saturated heterocycles. The molecule has 5 heteroatoms. The Morgan fingerprint density at radius 3 is 3.11 bits per heavy atom. The Bertz CT molecular complexity index is 497. The highest BCUT2D eigenvalue weighted by molar-refractivity contribution is 6.05. The molecule has 18 heavy (non-hydrogen) atoms. The highest BCUT2D eigenvalue weighted by Crippen LogP contribution is 2.23. The van der Waals surface area contributed by atoms with Gasteiger partial charge in [0.25, 0.3) is 5.91 Å². The van der Waals surface area contributed by atoms with Gasteiger partial charge in [-0.2, -0.15) is 0 Å². The number of phenolic OH excluding ortho intramolecular Hbond substituents is 1. The molecule has 1 aliphatic heterocycles. The number of hydrogen-bond donors (Lipinski definition) is 2. The lowest BCUT2D eigenvalue weighted by atomic mass is 10.0. The Morgan fingerprint density at radius 2 is 2.39 bits per heavy atom. The smallest absolute Gasteiger partial charge is 0.264 e. The zero-order valence-electron chi connectivity index (χ0n) is 9.80. The SMILES string of the molecule is C=CCNC(=O)[C@H]1CC(c2ccccc2O)=NO1. The molecule has 1 amide bonds. The summed E-state index contributed by atoms with van der Waals surface area (Å²) in [6.07, 6.45) is 1.30. The summed E-state index contributed by atoms with van der Waals surface area (Å²) >= 11 is 0. The van der Waals surface area contributed by atoms with Crippen molar-refractivity contribution in [3.63, 3.8) is 0 Å². The van der Waals surface area contributed by atoms with E-state index >= 15 is 0 Å². The summed E-state index contributed by atoms with van der Waals surface area (Å²) in [6.45, 7) is 3.91. The van der Waals surface area contributed by atoms with E-state index in [1.165, 1.54) is 0 Å². The van der Waals surface area contributed by atoms with Gasteiger partial charge in [0.15, 0.2) is 0 Å². The van der Waals surface area contributed by atoms with Gasteiger partial charge >= 0.3 is 0 Å². The molecule has 0 bridgehead atoms. The molecule has 0 radical (unpaired) electrons. The summed E-state index contributed by atoms with van der Waals surface area (Å²) in [7, 11) is 0. The van der Waals surface area contributed by atoms with Gasteiger partial charge in [-0.15, -0.1) is 6.58 Å². The van der Waals surface area contributed by atoms with Gasteiger partial charge in [0.1, 0.15) is 5.75 Å². The zero-order chi connectivity index (χ0) is 13.0. The molecule has 0 spiro atoms. The van der Waals surface area contributed by atoms with Crippen molar-refractivity contribution in [2.75, 3.05) is 6.54 Å². The van der Waals surface area contributed by atoms with Crippen molar-refractivity contribution in [1.82, 2.24) is 5.32 Å². The molecule has 0 aromatic heterocycles. The van der Waals surface area contributed by atoms with Crippen molar-refractivity contribution in [3.8, 4) is 5.75 Å². The van der Waals surface area contributed by atoms with Crippen LogP contribution in [0.1, 0.15) is 12.0 Å². The maximum Gasteiger partial charge on any atom is 0.264 e. The van der Waals surface area contributed by atoms with Gasteiger partial charge in [0.2, 0.25) is 6.10 Å². The highest BCUT2D eigenvalue weighted by Gasteiger charge is 2.29. The molecule has 1 heterocycles. The van der Waals surface area contributed by atoms with Crippen LogP contribution in [0.5, 0.6) is 5.75 Å². The summed E-state index contributed by atoms with van der Waals surface area (Å²) in [4.78, 5) is 16.7. The van der Waals surface area contributed by atoms with Crippen molar-refractivity contribution in [1.29, 1.82) is 0 Å². The van der Waals surface area contributed by atoms with Gasteiger partial charge in [0.05, 0.1) is 5.71 Å². The first kappa shape index (κ1) is 12.2. The molecule has 2 rings (SSSR count). The van der Waals surface area contributed by atoms with Crippen molar-refractivity contribution in [3.05, 3.63) is 42.5 Å². The van der Waals surface area contributed by atoms with E-state index < -0.39 is 6.10 Å². The maximum absolute atomic E-state index is 11.6. The van der Waals surface area contributed by atoms with Crippen LogP contribution in [-0.4, -0.2) is 29.4 Å². The molecule has 0 unspecified atom stereocenters. The molecule has 1 aliphatic rings. The fourth-order valence-electron chi connectivity index (χ4n) is 1.68. The van der Waals surface area contributed by atoms with Crippen LogP contribution in [0.4, 0.5) is 0 Å². The normalized spacial score (nSPS) is 17.8. The van der Waals surface area contributed by atoms with Crippen molar-refractivity contribution in [2.24, 2.45) is 5.16 Å². The van der Waals surface area contributed by atoms with E-state index in [1.807, 2.05) is 0 Å². The first-order chi connectivity index (χ1) is 8.72. The van der Waals surface area contributed by atoms with Crippen LogP contribution in [0.15, 0.2) is 42.1 Å². The molecule has 94 valence electrons. The molecule has 0 aliphatic carbocycles. The monoisotopic (exact) mass is 246 g/mol. The predicted octanol–water partition coefficient (Wildman–Crippen LogP) is 1.19. The van der Waals surface area contributed by atoms with Gasteiger partial charge < -0.3 is 15.3 Å². The minimum Gasteiger partial charge on any atom is -0.507 e. The number of aromatic hydroxyl groups is 1. The standard InChI is InChI=1S/C13H14N2O3/c1-2-7-14-13(17)12-8-10(15-18-12)9-5-3-4-6-11(9)16/h2-6,12,16H,1,7-8H2,(H,14,17)/t12-/m1/s1. The Balaban J connectivity index is 2.02. The Kier molecular flexibility index (Phi) is 3.62. The number of hydrogen-bond acceptors (Lipinski definition) is 4. The number of phenols is 1. The number of carbonyl (C=O) groups is 1. The van der Waals surface area contributed by atoms with E-state index in [2.05, 4.69) is 17.1 Å². The molecule has 1 atom stereocenters. The summed E-state index contributed by atoms with van der Waals surface area (Å²) in [5, 5.41) is 16.2. The number of carbonyl (C=O) groups excluding carboxylic acids is 1. The van der Waals surface area contributed by atoms with E-state index in [-0.39, 0.29) is 11.7 Å². The Hall–Kier alpha value is -2.30. The predicted molar refractivity (Wildman–Crippen MR) is 67.3 cm³/mol. The lowest BCUT2D eigenvalue weighted by Crippen LogP contribution is -2.34. The quantitative estimate of drug-likeness (QED) is 0.784. The van der Waals surface area contributed by atoms with Crippen LogP contribution in [0.3, 0.4) is 0 Å². The topological polar surface area (TPSA) is 70.9 Å². The molecule has 0 saturated carbocycles. The summed E-state index contributed by atoms with van der Waals surface area (Å²) < 4.78 is 0. The molecular formula is C13H14N2O3. The van der Waals surface area contributed by atoms with Crippen molar-refractivity contribution >= 4 is 11.6 Å². The van der Waals surface area contributed by atoms with Gasteiger partial charge in [-0.3, -0.25) is 4.79 Å². The maximum atomic E-state index is 11.6. The first-order valence-electron chi connectivity index (χ1n) is 5.62. The molecule has 5 nitrogen and oxygen atoms in total. The lowest BCUT2D eigenvalue weighted by molar-refractivity contribution is -0.130. The van der Waals surface area contributed by atoms with E-state index in [0.29, 0.717) is 24.2 Å². The van der Waals surface area contributed by atoms with Gasteiger partial charge in [0, 0.05) is 18.5 Å². The second kappa shape index (κ2) is 5.35. The number of nitrogens with zero attached hydrogens (tertiary/aromatic N) is 1.